The maximum atomic E-state index is 6.12. The van der Waals surface area contributed by atoms with Crippen molar-refractivity contribution in [1.29, 1.82) is 0 Å². The van der Waals surface area contributed by atoms with Gasteiger partial charge in [-0.2, -0.15) is 0 Å². The third-order valence-corrected chi connectivity index (χ3v) is 3.60. The van der Waals surface area contributed by atoms with E-state index >= 15 is 0 Å². The quantitative estimate of drug-likeness (QED) is 0.736. The first kappa shape index (κ1) is 13.6. The molecule has 21 heavy (non-hydrogen) atoms. The highest BCUT2D eigenvalue weighted by molar-refractivity contribution is 6.31. The van der Waals surface area contributed by atoms with Gasteiger partial charge in [-0.05, 0) is 48.4 Å². The summed E-state index contributed by atoms with van der Waals surface area (Å²) in [6.07, 6.45) is 2.32. The summed E-state index contributed by atoms with van der Waals surface area (Å²) in [5.41, 5.74) is 8.29. The minimum Gasteiger partial charge on any atom is -0.438 e. The second kappa shape index (κ2) is 5.58. The van der Waals surface area contributed by atoms with Crippen LogP contribution in [-0.4, -0.2) is 9.97 Å². The molecule has 0 radical (unpaired) electrons. The maximum Gasteiger partial charge on any atom is 0.230 e. The van der Waals surface area contributed by atoms with Gasteiger partial charge in [-0.1, -0.05) is 18.5 Å². The van der Waals surface area contributed by atoms with Crippen LogP contribution in [0, 0.1) is 0 Å². The number of nitrogens with two attached hydrogens (primary N) is 1. The molecule has 0 fully saturated rings. The molecule has 0 bridgehead atoms. The zero-order valence-corrected chi connectivity index (χ0v) is 12.3. The van der Waals surface area contributed by atoms with Crippen molar-refractivity contribution in [2.75, 3.05) is 5.73 Å². The van der Waals surface area contributed by atoms with Crippen LogP contribution >= 0.6 is 11.6 Å². The van der Waals surface area contributed by atoms with Crippen molar-refractivity contribution in [1.82, 2.24) is 9.97 Å². The van der Waals surface area contributed by atoms with E-state index in [-0.39, 0.29) is 0 Å². The fourth-order valence-corrected chi connectivity index (χ4v) is 2.38. The minimum absolute atomic E-state index is 0.483. The number of halogens is 1. The predicted molar refractivity (Wildman–Crippen MR) is 84.9 cm³/mol. The van der Waals surface area contributed by atoms with Gasteiger partial charge < -0.3 is 10.5 Å². The van der Waals surface area contributed by atoms with Gasteiger partial charge in [0, 0.05) is 10.7 Å². The van der Waals surface area contributed by atoms with Crippen LogP contribution in [0.5, 0.6) is 11.6 Å². The largest absolute Gasteiger partial charge is 0.438 e. The number of anilines is 1. The average Bonchev–Trinajstić information content (AvgIpc) is 2.50. The fourth-order valence-electron chi connectivity index (χ4n) is 2.13. The van der Waals surface area contributed by atoms with Crippen LogP contribution in [0.4, 0.5) is 5.69 Å². The molecule has 0 aliphatic heterocycles. The molecule has 0 aliphatic carbocycles. The van der Waals surface area contributed by atoms with Crippen LogP contribution in [0.3, 0.4) is 0 Å². The first-order valence-electron chi connectivity index (χ1n) is 6.64. The van der Waals surface area contributed by atoms with Crippen molar-refractivity contribution in [3.05, 3.63) is 53.3 Å². The van der Waals surface area contributed by atoms with Crippen molar-refractivity contribution in [3.8, 4) is 11.6 Å². The molecule has 0 spiro atoms. The number of fused-ring (bicyclic) bond motifs is 1. The number of hydrogen-bond acceptors (Lipinski definition) is 4. The first-order valence-corrected chi connectivity index (χ1v) is 7.01. The smallest absolute Gasteiger partial charge is 0.230 e. The Morgan fingerprint density at radius 2 is 2.00 bits per heavy atom. The van der Waals surface area contributed by atoms with Crippen LogP contribution < -0.4 is 10.5 Å². The van der Waals surface area contributed by atoms with E-state index in [9.17, 15) is 0 Å². The van der Waals surface area contributed by atoms with Crippen LogP contribution in [0.2, 0.25) is 5.02 Å². The molecule has 0 saturated carbocycles. The number of ether oxygens (including phenoxy) is 1. The lowest BCUT2D eigenvalue weighted by molar-refractivity contribution is 0.467. The Bertz CT molecular complexity index is 805. The zero-order valence-electron chi connectivity index (χ0n) is 11.5. The van der Waals surface area contributed by atoms with Crippen molar-refractivity contribution < 1.29 is 4.74 Å². The standard InChI is InChI=1S/C16H14ClN3O/c1-2-10-7-12(4-5-14(10)17)21-16-13-8-11(18)3-6-15(13)19-9-20-16/h3-9H,2,18H2,1H3. The molecular formula is C16H14ClN3O. The summed E-state index contributed by atoms with van der Waals surface area (Å²) >= 11 is 6.12. The van der Waals surface area contributed by atoms with Crippen LogP contribution in [0.1, 0.15) is 12.5 Å². The summed E-state index contributed by atoms with van der Waals surface area (Å²) in [6.45, 7) is 2.05. The van der Waals surface area contributed by atoms with E-state index in [2.05, 4.69) is 9.97 Å². The molecule has 0 saturated heterocycles. The predicted octanol–water partition coefficient (Wildman–Crippen LogP) is 4.22. The van der Waals surface area contributed by atoms with E-state index in [0.717, 1.165) is 27.9 Å². The lowest BCUT2D eigenvalue weighted by Gasteiger charge is -2.09. The van der Waals surface area contributed by atoms with Crippen molar-refractivity contribution in [2.24, 2.45) is 0 Å². The van der Waals surface area contributed by atoms with E-state index < -0.39 is 0 Å². The minimum atomic E-state index is 0.483. The zero-order chi connectivity index (χ0) is 14.8. The lowest BCUT2D eigenvalue weighted by Crippen LogP contribution is -1.94. The number of nitrogen functional groups attached to an aromatic ring is 1. The van der Waals surface area contributed by atoms with Crippen molar-refractivity contribution >= 4 is 28.2 Å². The molecule has 3 aromatic rings. The molecule has 2 N–H and O–H groups in total. The van der Waals surface area contributed by atoms with Crippen LogP contribution in [0.25, 0.3) is 10.9 Å². The van der Waals surface area contributed by atoms with Crippen molar-refractivity contribution in [3.63, 3.8) is 0 Å². The van der Waals surface area contributed by atoms with Gasteiger partial charge in [-0.25, -0.2) is 9.97 Å². The number of benzene rings is 2. The number of nitrogens with zero attached hydrogens (tertiary/aromatic N) is 2. The van der Waals surface area contributed by atoms with Crippen LogP contribution in [0.15, 0.2) is 42.7 Å². The van der Waals surface area contributed by atoms with Gasteiger partial charge in [0.05, 0.1) is 10.9 Å². The molecule has 106 valence electrons. The monoisotopic (exact) mass is 299 g/mol. The van der Waals surface area contributed by atoms with Crippen molar-refractivity contribution in [2.45, 2.75) is 13.3 Å². The van der Waals surface area contributed by atoms with Gasteiger partial charge in [0.2, 0.25) is 5.88 Å². The summed E-state index contributed by atoms with van der Waals surface area (Å²) < 4.78 is 5.88. The second-order valence-corrected chi connectivity index (χ2v) is 5.07. The molecule has 3 rings (SSSR count). The highest BCUT2D eigenvalue weighted by Crippen LogP contribution is 2.30. The Morgan fingerprint density at radius 1 is 1.14 bits per heavy atom. The highest BCUT2D eigenvalue weighted by Gasteiger charge is 2.08. The van der Waals surface area contributed by atoms with Crippen LogP contribution in [-0.2, 0) is 6.42 Å². The Morgan fingerprint density at radius 3 is 2.81 bits per heavy atom. The highest BCUT2D eigenvalue weighted by atomic mass is 35.5. The first-order chi connectivity index (χ1) is 10.2. The Balaban J connectivity index is 2.03. The topological polar surface area (TPSA) is 61.0 Å². The number of aryl methyl sites for hydroxylation is 1. The van der Waals surface area contributed by atoms with Gasteiger partial charge in [0.15, 0.2) is 0 Å². The molecule has 5 heteroatoms. The number of aromatic nitrogens is 2. The van der Waals surface area contributed by atoms with Gasteiger partial charge in [0.25, 0.3) is 0 Å². The number of rotatable bonds is 3. The molecule has 1 aromatic heterocycles. The van der Waals surface area contributed by atoms with E-state index in [4.69, 9.17) is 22.1 Å². The molecule has 2 aromatic carbocycles. The summed E-state index contributed by atoms with van der Waals surface area (Å²) in [4.78, 5) is 8.40. The Labute approximate surface area is 127 Å². The molecule has 4 nitrogen and oxygen atoms in total. The van der Waals surface area contributed by atoms with E-state index in [1.54, 1.807) is 12.1 Å². The second-order valence-electron chi connectivity index (χ2n) is 4.66. The third-order valence-electron chi connectivity index (χ3n) is 3.24. The molecule has 0 atom stereocenters. The third kappa shape index (κ3) is 2.76. The summed E-state index contributed by atoms with van der Waals surface area (Å²) in [5.74, 6) is 1.18. The molecule has 0 amide bonds. The molecule has 0 unspecified atom stereocenters. The van der Waals surface area contributed by atoms with E-state index in [1.807, 2.05) is 31.2 Å². The Kier molecular flexibility index (Phi) is 3.62. The molecular weight excluding hydrogens is 286 g/mol. The normalized spacial score (nSPS) is 10.8. The maximum absolute atomic E-state index is 6.12. The summed E-state index contributed by atoms with van der Waals surface area (Å²) in [5, 5.41) is 1.52. The Hall–Kier alpha value is -2.33. The van der Waals surface area contributed by atoms with E-state index in [1.165, 1.54) is 6.33 Å². The summed E-state index contributed by atoms with van der Waals surface area (Å²) in [6, 6.07) is 11.0. The molecule has 0 aliphatic rings. The average molecular weight is 300 g/mol. The van der Waals surface area contributed by atoms with Gasteiger partial charge in [-0.3, -0.25) is 0 Å². The van der Waals surface area contributed by atoms with Gasteiger partial charge >= 0.3 is 0 Å². The van der Waals surface area contributed by atoms with Gasteiger partial charge in [-0.15, -0.1) is 0 Å². The molecule has 1 heterocycles. The number of hydrogen-bond donors (Lipinski definition) is 1. The summed E-state index contributed by atoms with van der Waals surface area (Å²) in [7, 11) is 0. The lowest BCUT2D eigenvalue weighted by atomic mass is 10.1. The SMILES string of the molecule is CCc1cc(Oc2ncnc3ccc(N)cc23)ccc1Cl. The van der Waals surface area contributed by atoms with Gasteiger partial charge in [0.1, 0.15) is 12.1 Å². The van der Waals surface area contributed by atoms with E-state index in [0.29, 0.717) is 17.3 Å². The fraction of sp³-hybridized carbons (Fsp3) is 0.125.